The molecule has 0 bridgehead atoms. The summed E-state index contributed by atoms with van der Waals surface area (Å²) in [6, 6.07) is 5.74. The third kappa shape index (κ3) is 6.44. The number of para-hydroxylation sites is 2. The summed E-state index contributed by atoms with van der Waals surface area (Å²) in [5, 5.41) is 2.68. The molecule has 1 aromatic carbocycles. The lowest BCUT2D eigenvalue weighted by Crippen LogP contribution is -2.25. The number of hydrogen-bond acceptors (Lipinski definition) is 2. The van der Waals surface area contributed by atoms with Gasteiger partial charge in [0.1, 0.15) is 0 Å². The number of nitrogens with one attached hydrogen (secondary N) is 1. The van der Waals surface area contributed by atoms with E-state index >= 15 is 0 Å². The van der Waals surface area contributed by atoms with E-state index in [1.165, 1.54) is 18.2 Å². The lowest BCUT2D eigenvalue weighted by molar-refractivity contribution is -0.274. The van der Waals surface area contributed by atoms with Gasteiger partial charge in [-0.1, -0.05) is 25.5 Å². The lowest BCUT2D eigenvalue weighted by Gasteiger charge is -2.15. The second kappa shape index (κ2) is 8.07. The van der Waals surface area contributed by atoms with Crippen molar-refractivity contribution in [2.24, 2.45) is 16.1 Å². The Balaban J connectivity index is 0.00000264. The standard InChI is InChI=1S/C15H20F3N3O.HI/c1-2-7-14(8-9-14)10-20-13(19)21-11-5-3-4-6-12(11)22-15(16,17)18;/h3-6H,2,7-10H2,1H3,(H3,19,20,21);1H. The molecule has 0 aromatic heterocycles. The average Bonchev–Trinajstić information content (AvgIpc) is 3.18. The summed E-state index contributed by atoms with van der Waals surface area (Å²) >= 11 is 0. The Morgan fingerprint density at radius 2 is 2.00 bits per heavy atom. The van der Waals surface area contributed by atoms with Crippen molar-refractivity contribution in [3.05, 3.63) is 24.3 Å². The van der Waals surface area contributed by atoms with Crippen LogP contribution in [0.1, 0.15) is 32.6 Å². The van der Waals surface area contributed by atoms with Crippen LogP contribution in [0.3, 0.4) is 0 Å². The van der Waals surface area contributed by atoms with E-state index in [4.69, 9.17) is 5.73 Å². The van der Waals surface area contributed by atoms with E-state index in [0.717, 1.165) is 25.7 Å². The normalized spacial score (nSPS) is 16.4. The molecule has 130 valence electrons. The topological polar surface area (TPSA) is 59.6 Å². The molecular formula is C15H21F3IN3O. The fourth-order valence-electron chi connectivity index (χ4n) is 2.41. The van der Waals surface area contributed by atoms with Crippen LogP contribution in [-0.2, 0) is 0 Å². The molecule has 1 fully saturated rings. The number of ether oxygens (including phenoxy) is 1. The number of nitrogens with zero attached hydrogens (tertiary/aromatic N) is 1. The summed E-state index contributed by atoms with van der Waals surface area (Å²) < 4.78 is 41.0. The number of benzene rings is 1. The highest BCUT2D eigenvalue weighted by Gasteiger charge is 2.41. The second-order valence-corrected chi connectivity index (χ2v) is 5.62. The fourth-order valence-corrected chi connectivity index (χ4v) is 2.41. The summed E-state index contributed by atoms with van der Waals surface area (Å²) in [5.74, 6) is -0.233. The Hall–Kier alpha value is -1.19. The van der Waals surface area contributed by atoms with E-state index in [1.54, 1.807) is 6.07 Å². The van der Waals surface area contributed by atoms with Gasteiger partial charge in [-0.15, -0.1) is 37.1 Å². The Morgan fingerprint density at radius 1 is 1.35 bits per heavy atom. The van der Waals surface area contributed by atoms with Crippen molar-refractivity contribution < 1.29 is 17.9 Å². The summed E-state index contributed by atoms with van der Waals surface area (Å²) in [7, 11) is 0. The van der Waals surface area contributed by atoms with E-state index in [9.17, 15) is 13.2 Å². The number of hydrogen-bond donors (Lipinski definition) is 2. The average molecular weight is 443 g/mol. The van der Waals surface area contributed by atoms with Gasteiger partial charge in [0.05, 0.1) is 5.69 Å². The van der Waals surface area contributed by atoms with Gasteiger partial charge in [0, 0.05) is 6.54 Å². The molecule has 0 aliphatic heterocycles. The highest BCUT2D eigenvalue weighted by atomic mass is 127. The maximum atomic E-state index is 12.3. The van der Waals surface area contributed by atoms with Gasteiger partial charge in [-0.25, -0.2) is 0 Å². The van der Waals surface area contributed by atoms with Crippen LogP contribution in [0, 0.1) is 5.41 Å². The van der Waals surface area contributed by atoms with E-state index < -0.39 is 6.36 Å². The Bertz CT molecular complexity index is 545. The van der Waals surface area contributed by atoms with Crippen LogP contribution in [0.4, 0.5) is 18.9 Å². The zero-order valence-corrected chi connectivity index (χ0v) is 15.2. The lowest BCUT2D eigenvalue weighted by atomic mass is 10.0. The molecule has 2 rings (SSSR count). The van der Waals surface area contributed by atoms with Crippen LogP contribution >= 0.6 is 24.0 Å². The molecule has 3 N–H and O–H groups in total. The predicted octanol–water partition coefficient (Wildman–Crippen LogP) is 4.51. The molecule has 1 saturated carbocycles. The third-order valence-electron chi connectivity index (χ3n) is 3.70. The van der Waals surface area contributed by atoms with E-state index in [2.05, 4.69) is 22.0 Å². The number of halogens is 4. The van der Waals surface area contributed by atoms with Crippen LogP contribution in [0.5, 0.6) is 5.75 Å². The van der Waals surface area contributed by atoms with Crippen molar-refractivity contribution in [1.29, 1.82) is 0 Å². The number of guanidine groups is 1. The highest BCUT2D eigenvalue weighted by Crippen LogP contribution is 2.49. The van der Waals surface area contributed by atoms with Crippen LogP contribution < -0.4 is 15.8 Å². The molecule has 1 aliphatic carbocycles. The van der Waals surface area contributed by atoms with E-state index in [1.807, 2.05) is 0 Å². The van der Waals surface area contributed by atoms with Crippen molar-refractivity contribution in [3.8, 4) is 5.75 Å². The number of rotatable bonds is 6. The van der Waals surface area contributed by atoms with Gasteiger partial charge in [-0.05, 0) is 36.8 Å². The molecule has 0 atom stereocenters. The minimum atomic E-state index is -4.75. The first-order valence-corrected chi connectivity index (χ1v) is 7.25. The van der Waals surface area contributed by atoms with Gasteiger partial charge in [0.15, 0.2) is 11.7 Å². The van der Waals surface area contributed by atoms with Crippen molar-refractivity contribution in [2.75, 3.05) is 11.9 Å². The van der Waals surface area contributed by atoms with Crippen LogP contribution in [0.25, 0.3) is 0 Å². The SMILES string of the molecule is CCCC1(CN=C(N)Nc2ccccc2OC(F)(F)F)CC1.I. The largest absolute Gasteiger partial charge is 0.573 e. The fraction of sp³-hybridized carbons (Fsp3) is 0.533. The van der Waals surface area contributed by atoms with E-state index in [0.29, 0.717) is 6.54 Å². The summed E-state index contributed by atoms with van der Waals surface area (Å²) in [6.45, 7) is 2.72. The predicted molar refractivity (Wildman–Crippen MR) is 95.2 cm³/mol. The minimum Gasteiger partial charge on any atom is -0.404 e. The van der Waals surface area contributed by atoms with Crippen LogP contribution in [0.15, 0.2) is 29.3 Å². The highest BCUT2D eigenvalue weighted by molar-refractivity contribution is 14.0. The van der Waals surface area contributed by atoms with Gasteiger partial charge in [0.25, 0.3) is 0 Å². The number of nitrogens with two attached hydrogens (primary N) is 1. The smallest absolute Gasteiger partial charge is 0.404 e. The summed E-state index contributed by atoms with van der Waals surface area (Å²) in [4.78, 5) is 4.26. The maximum absolute atomic E-state index is 12.3. The van der Waals surface area contributed by atoms with Crippen molar-refractivity contribution in [1.82, 2.24) is 0 Å². The first-order chi connectivity index (χ1) is 10.3. The quantitative estimate of drug-likeness (QED) is 0.387. The van der Waals surface area contributed by atoms with Crippen LogP contribution in [0.2, 0.25) is 0 Å². The molecule has 0 spiro atoms. The molecule has 4 nitrogen and oxygen atoms in total. The van der Waals surface area contributed by atoms with Gasteiger partial charge in [-0.2, -0.15) is 0 Å². The Kier molecular flexibility index (Phi) is 6.97. The molecule has 0 radical (unpaired) electrons. The monoisotopic (exact) mass is 443 g/mol. The number of anilines is 1. The van der Waals surface area contributed by atoms with Crippen molar-refractivity contribution in [2.45, 2.75) is 39.0 Å². The summed E-state index contributed by atoms with van der Waals surface area (Å²) in [6.07, 6.45) is -0.303. The molecule has 1 aromatic rings. The number of aliphatic imine (C=N–C) groups is 1. The van der Waals surface area contributed by atoms with Crippen molar-refractivity contribution in [3.63, 3.8) is 0 Å². The molecule has 23 heavy (non-hydrogen) atoms. The van der Waals surface area contributed by atoms with Gasteiger partial charge in [0.2, 0.25) is 0 Å². The Labute approximate surface area is 150 Å². The van der Waals surface area contributed by atoms with Crippen molar-refractivity contribution >= 4 is 35.6 Å². The van der Waals surface area contributed by atoms with Gasteiger partial charge < -0.3 is 15.8 Å². The molecule has 1 aliphatic rings. The maximum Gasteiger partial charge on any atom is 0.573 e. The molecule has 8 heteroatoms. The molecular weight excluding hydrogens is 422 g/mol. The summed E-state index contributed by atoms with van der Waals surface area (Å²) in [5.41, 5.74) is 6.15. The first kappa shape index (κ1) is 19.9. The molecule has 0 unspecified atom stereocenters. The molecule has 0 amide bonds. The third-order valence-corrected chi connectivity index (χ3v) is 3.70. The zero-order chi connectivity index (χ0) is 16.2. The van der Waals surface area contributed by atoms with E-state index in [-0.39, 0.29) is 46.8 Å². The number of alkyl halides is 3. The minimum absolute atomic E-state index is 0. The Morgan fingerprint density at radius 3 is 2.57 bits per heavy atom. The second-order valence-electron chi connectivity index (χ2n) is 5.62. The van der Waals surface area contributed by atoms with Gasteiger partial charge >= 0.3 is 6.36 Å². The van der Waals surface area contributed by atoms with Crippen LogP contribution in [-0.4, -0.2) is 18.9 Å². The molecule has 0 saturated heterocycles. The first-order valence-electron chi connectivity index (χ1n) is 7.25. The molecule has 0 heterocycles. The zero-order valence-electron chi connectivity index (χ0n) is 12.8. The van der Waals surface area contributed by atoms with Gasteiger partial charge in [-0.3, -0.25) is 4.99 Å².